The molecule has 5 unspecified atom stereocenters. The highest BCUT2D eigenvalue weighted by Gasteiger charge is 2.50. The van der Waals surface area contributed by atoms with Gasteiger partial charge in [-0.1, -0.05) is 84.1 Å². The summed E-state index contributed by atoms with van der Waals surface area (Å²) in [6, 6.07) is 2.39. The molecule has 5 atom stereocenters. The number of hydrogen-bond acceptors (Lipinski definition) is 2. The summed E-state index contributed by atoms with van der Waals surface area (Å²) in [6.45, 7) is 0. The Labute approximate surface area is 237 Å². The first-order valence-electron chi connectivity index (χ1n) is 15.1. The highest BCUT2D eigenvalue weighted by atomic mass is 14.5. The molecule has 0 amide bonds. The van der Waals surface area contributed by atoms with Crippen molar-refractivity contribution in [1.29, 1.82) is 10.7 Å². The zero-order valence-corrected chi connectivity index (χ0v) is 22.9. The van der Waals surface area contributed by atoms with Gasteiger partial charge in [-0.3, -0.25) is 0 Å². The highest BCUT2D eigenvalue weighted by Crippen LogP contribution is 2.61. The largest absolute Gasteiger partial charge is 0.308 e. The number of allylic oxidation sites excluding steroid dienone is 24. The van der Waals surface area contributed by atoms with Crippen LogP contribution >= 0.6 is 0 Å². The van der Waals surface area contributed by atoms with E-state index in [9.17, 15) is 5.26 Å². The van der Waals surface area contributed by atoms with E-state index in [4.69, 9.17) is 5.41 Å². The molecule has 1 saturated carbocycles. The molecular formula is C38H34N2. The van der Waals surface area contributed by atoms with Gasteiger partial charge in [0.15, 0.2) is 0 Å². The van der Waals surface area contributed by atoms with Crippen LogP contribution in [0.3, 0.4) is 0 Å². The first kappa shape index (κ1) is 23.9. The van der Waals surface area contributed by atoms with Gasteiger partial charge in [0, 0.05) is 35.5 Å². The van der Waals surface area contributed by atoms with Crippen LogP contribution in [-0.4, -0.2) is 6.21 Å². The van der Waals surface area contributed by atoms with Gasteiger partial charge in [0.25, 0.3) is 0 Å². The number of nitrogens with zero attached hydrogens (tertiary/aromatic N) is 1. The molecule has 196 valence electrons. The second-order valence-corrected chi connectivity index (χ2v) is 12.5. The predicted molar refractivity (Wildman–Crippen MR) is 162 cm³/mol. The van der Waals surface area contributed by atoms with Gasteiger partial charge in [0.05, 0.1) is 6.07 Å². The van der Waals surface area contributed by atoms with Crippen molar-refractivity contribution < 1.29 is 0 Å². The summed E-state index contributed by atoms with van der Waals surface area (Å²) in [5.74, 6) is 2.26. The Balaban J connectivity index is 1.24. The lowest BCUT2D eigenvalue weighted by atomic mass is 9.68. The number of nitrogens with one attached hydrogen (secondary N) is 1. The van der Waals surface area contributed by atoms with Crippen LogP contribution in [0, 0.1) is 46.3 Å². The molecule has 0 bridgehead atoms. The molecule has 1 fully saturated rings. The van der Waals surface area contributed by atoms with Crippen LogP contribution in [0.2, 0.25) is 0 Å². The molecule has 0 spiro atoms. The maximum Gasteiger partial charge on any atom is 0.0947 e. The van der Waals surface area contributed by atoms with Crippen molar-refractivity contribution in [1.82, 2.24) is 0 Å². The lowest BCUT2D eigenvalue weighted by Gasteiger charge is -2.36. The molecule has 0 radical (unpaired) electrons. The number of nitriles is 1. The van der Waals surface area contributed by atoms with Crippen molar-refractivity contribution >= 4 is 6.21 Å². The zero-order chi connectivity index (χ0) is 26.8. The molecule has 8 rings (SSSR count). The van der Waals surface area contributed by atoms with E-state index in [1.807, 2.05) is 0 Å². The predicted octanol–water partition coefficient (Wildman–Crippen LogP) is 8.83. The van der Waals surface area contributed by atoms with Gasteiger partial charge in [-0.05, 0) is 102 Å². The molecule has 1 N–H and O–H groups in total. The van der Waals surface area contributed by atoms with E-state index >= 15 is 0 Å². The Hall–Kier alpha value is -3.96. The molecule has 0 aliphatic heterocycles. The summed E-state index contributed by atoms with van der Waals surface area (Å²) in [6.07, 6.45) is 39.6. The van der Waals surface area contributed by atoms with E-state index in [2.05, 4.69) is 85.1 Å². The molecule has 2 heteroatoms. The van der Waals surface area contributed by atoms with E-state index in [0.29, 0.717) is 29.6 Å². The molecule has 8 aliphatic rings. The summed E-state index contributed by atoms with van der Waals surface area (Å²) in [5.41, 5.74) is 15.6. The summed E-state index contributed by atoms with van der Waals surface area (Å²) >= 11 is 0. The first-order valence-corrected chi connectivity index (χ1v) is 15.1. The fraction of sp³-hybridized carbons (Fsp3) is 0.316. The number of hydrogen-bond donors (Lipinski definition) is 1. The Kier molecular flexibility index (Phi) is 5.56. The minimum atomic E-state index is 0.394. The average Bonchev–Trinajstić information content (AvgIpc) is 3.36. The second-order valence-electron chi connectivity index (χ2n) is 12.5. The van der Waals surface area contributed by atoms with Crippen LogP contribution < -0.4 is 0 Å². The summed E-state index contributed by atoms with van der Waals surface area (Å²) in [4.78, 5) is 0. The maximum atomic E-state index is 9.43. The third kappa shape index (κ3) is 3.64. The molecule has 2 nitrogen and oxygen atoms in total. The van der Waals surface area contributed by atoms with Gasteiger partial charge in [-0.25, -0.2) is 0 Å². The average molecular weight is 519 g/mol. The lowest BCUT2D eigenvalue weighted by molar-refractivity contribution is 0.530. The zero-order valence-electron chi connectivity index (χ0n) is 22.9. The molecule has 0 aromatic carbocycles. The van der Waals surface area contributed by atoms with Crippen molar-refractivity contribution in [3.8, 4) is 6.07 Å². The van der Waals surface area contributed by atoms with Crippen LogP contribution in [0.5, 0.6) is 0 Å². The standard InChI is InChI=1S/C38H34N2/c39-21-23-7-9-28-19-30(13-11-26(28)17-23)32-15-16-33(31-14-12-27-18-24(22-40)8-10-29(27)20-31)38-35-6-2-4-25-3-1-5-34(36(25)35)37(32)38/h1-6,11,13,15-18,20,22,25,28,36-38,40H,7-10,12,14,19H2. The van der Waals surface area contributed by atoms with Crippen LogP contribution in [0.1, 0.15) is 44.9 Å². The minimum Gasteiger partial charge on any atom is -0.308 e. The van der Waals surface area contributed by atoms with Gasteiger partial charge in [0.2, 0.25) is 0 Å². The Bertz CT molecular complexity index is 1650. The van der Waals surface area contributed by atoms with E-state index in [-0.39, 0.29) is 0 Å². The van der Waals surface area contributed by atoms with Gasteiger partial charge in [0.1, 0.15) is 0 Å². The smallest absolute Gasteiger partial charge is 0.0947 e. The van der Waals surface area contributed by atoms with Crippen LogP contribution in [0.4, 0.5) is 0 Å². The fourth-order valence-corrected chi connectivity index (χ4v) is 8.66. The Morgan fingerprint density at radius 3 is 2.20 bits per heavy atom. The van der Waals surface area contributed by atoms with Gasteiger partial charge in [-0.2, -0.15) is 5.26 Å². The normalized spacial score (nSPS) is 33.2. The van der Waals surface area contributed by atoms with Gasteiger partial charge in [-0.15, -0.1) is 0 Å². The molecule has 0 aromatic rings. The monoisotopic (exact) mass is 518 g/mol. The van der Waals surface area contributed by atoms with Gasteiger partial charge < -0.3 is 5.41 Å². The van der Waals surface area contributed by atoms with Crippen molar-refractivity contribution in [2.75, 3.05) is 0 Å². The fourth-order valence-electron chi connectivity index (χ4n) is 8.66. The maximum absolute atomic E-state index is 9.43. The van der Waals surface area contributed by atoms with Crippen LogP contribution in [0.15, 0.2) is 140 Å². The summed E-state index contributed by atoms with van der Waals surface area (Å²) in [7, 11) is 0. The van der Waals surface area contributed by atoms with Crippen LogP contribution in [0.25, 0.3) is 0 Å². The highest BCUT2D eigenvalue weighted by molar-refractivity contribution is 5.78. The Morgan fingerprint density at radius 2 is 1.45 bits per heavy atom. The summed E-state index contributed by atoms with van der Waals surface area (Å²) in [5, 5.41) is 17.1. The van der Waals surface area contributed by atoms with E-state index in [0.717, 1.165) is 50.5 Å². The molecule has 8 aliphatic carbocycles. The minimum absolute atomic E-state index is 0.394. The van der Waals surface area contributed by atoms with E-state index in [1.54, 1.807) is 11.1 Å². The van der Waals surface area contributed by atoms with Crippen molar-refractivity contribution in [2.24, 2.45) is 29.6 Å². The quantitative estimate of drug-likeness (QED) is 0.373. The topological polar surface area (TPSA) is 47.6 Å². The molecule has 0 saturated heterocycles. The first-order chi connectivity index (χ1) is 19.7. The van der Waals surface area contributed by atoms with E-state index in [1.165, 1.54) is 50.8 Å². The third-order valence-electron chi connectivity index (χ3n) is 10.6. The number of rotatable bonds is 3. The summed E-state index contributed by atoms with van der Waals surface area (Å²) < 4.78 is 0. The third-order valence-corrected chi connectivity index (χ3v) is 10.6. The Morgan fingerprint density at radius 1 is 0.725 bits per heavy atom. The molecule has 40 heavy (non-hydrogen) atoms. The lowest BCUT2D eigenvalue weighted by Crippen LogP contribution is -2.23. The van der Waals surface area contributed by atoms with Crippen molar-refractivity contribution in [3.63, 3.8) is 0 Å². The SMILES string of the molecule is N#CC1=CC2=CC=C(C3=CC=C(C4=CC5=C(C=C(C=N)CC5)CC4)C4C5=CC=CC6C=CC=C(C56)C34)CC2CC1. The van der Waals surface area contributed by atoms with Gasteiger partial charge >= 0.3 is 0 Å². The second kappa shape index (κ2) is 9.31. The molecule has 0 aromatic heterocycles. The van der Waals surface area contributed by atoms with Crippen molar-refractivity contribution in [3.05, 3.63) is 140 Å². The van der Waals surface area contributed by atoms with Crippen LogP contribution in [-0.2, 0) is 0 Å². The number of fused-ring (bicyclic) bond motifs is 4. The molecule has 0 heterocycles. The molecular weight excluding hydrogens is 484 g/mol. The van der Waals surface area contributed by atoms with E-state index < -0.39 is 0 Å². The van der Waals surface area contributed by atoms with Crippen molar-refractivity contribution in [2.45, 2.75) is 44.9 Å².